The lowest BCUT2D eigenvalue weighted by atomic mass is 10.2. The summed E-state index contributed by atoms with van der Waals surface area (Å²) in [5.41, 5.74) is 3.36. The Bertz CT molecular complexity index is 698. The molecule has 128 valence electrons. The van der Waals surface area contributed by atoms with E-state index in [1.165, 1.54) is 6.07 Å². The van der Waals surface area contributed by atoms with Crippen LogP contribution in [0.3, 0.4) is 0 Å². The van der Waals surface area contributed by atoms with E-state index in [1.807, 2.05) is 33.0 Å². The van der Waals surface area contributed by atoms with Gasteiger partial charge in [-0.2, -0.15) is 0 Å². The van der Waals surface area contributed by atoms with Crippen LogP contribution in [0.1, 0.15) is 11.1 Å². The molecule has 1 atom stereocenters. The minimum atomic E-state index is -0.403. The summed E-state index contributed by atoms with van der Waals surface area (Å²) in [6.45, 7) is 2.83. The Hall–Kier alpha value is -2.40. The van der Waals surface area contributed by atoms with E-state index < -0.39 is 5.82 Å². The summed E-state index contributed by atoms with van der Waals surface area (Å²) in [4.78, 5) is 15.2. The zero-order valence-electron chi connectivity index (χ0n) is 14.7. The molecule has 1 unspecified atom stereocenters. The molecular formula is C19H25FN3O+. The smallest absolute Gasteiger partial charge is 0.279 e. The SMILES string of the molecule is Cc1ccc(NC(=O)C[NH+](C)Cc2ccc(N(C)C)cc2)c(F)c1. The number of aryl methyl sites for hydroxylation is 1. The molecular weight excluding hydrogens is 305 g/mol. The van der Waals surface area contributed by atoms with E-state index in [9.17, 15) is 9.18 Å². The van der Waals surface area contributed by atoms with Gasteiger partial charge in [0.15, 0.2) is 6.54 Å². The van der Waals surface area contributed by atoms with Gasteiger partial charge in [-0.3, -0.25) is 4.79 Å². The molecule has 1 amide bonds. The van der Waals surface area contributed by atoms with Gasteiger partial charge in [-0.25, -0.2) is 4.39 Å². The molecule has 0 aliphatic heterocycles. The molecule has 2 rings (SSSR count). The predicted molar refractivity (Wildman–Crippen MR) is 96.0 cm³/mol. The number of nitrogens with one attached hydrogen (secondary N) is 2. The highest BCUT2D eigenvalue weighted by molar-refractivity contribution is 5.91. The van der Waals surface area contributed by atoms with Crippen molar-refractivity contribution in [3.63, 3.8) is 0 Å². The summed E-state index contributed by atoms with van der Waals surface area (Å²) in [5, 5.41) is 2.64. The minimum absolute atomic E-state index is 0.194. The van der Waals surface area contributed by atoms with Crippen molar-refractivity contribution in [1.82, 2.24) is 0 Å². The zero-order chi connectivity index (χ0) is 17.7. The van der Waals surface area contributed by atoms with Crippen molar-refractivity contribution < 1.29 is 14.1 Å². The van der Waals surface area contributed by atoms with Crippen molar-refractivity contribution in [3.8, 4) is 0 Å². The molecule has 0 saturated carbocycles. The lowest BCUT2D eigenvalue weighted by Crippen LogP contribution is -3.08. The highest BCUT2D eigenvalue weighted by Gasteiger charge is 2.13. The van der Waals surface area contributed by atoms with Crippen molar-refractivity contribution in [2.45, 2.75) is 13.5 Å². The van der Waals surface area contributed by atoms with Crippen LogP contribution in [-0.2, 0) is 11.3 Å². The van der Waals surface area contributed by atoms with Crippen LogP contribution in [0.5, 0.6) is 0 Å². The first-order valence-electron chi connectivity index (χ1n) is 7.98. The third-order valence-corrected chi connectivity index (χ3v) is 3.82. The van der Waals surface area contributed by atoms with Gasteiger partial charge in [-0.15, -0.1) is 0 Å². The Morgan fingerprint density at radius 3 is 2.42 bits per heavy atom. The van der Waals surface area contributed by atoms with Gasteiger partial charge in [0.1, 0.15) is 12.4 Å². The number of amides is 1. The van der Waals surface area contributed by atoms with Crippen LogP contribution in [0, 0.1) is 12.7 Å². The van der Waals surface area contributed by atoms with Crippen molar-refractivity contribution in [3.05, 3.63) is 59.4 Å². The van der Waals surface area contributed by atoms with Crippen LogP contribution < -0.4 is 15.1 Å². The van der Waals surface area contributed by atoms with Crippen molar-refractivity contribution in [1.29, 1.82) is 0 Å². The van der Waals surface area contributed by atoms with Crippen LogP contribution in [0.25, 0.3) is 0 Å². The molecule has 0 aliphatic carbocycles. The van der Waals surface area contributed by atoms with Gasteiger partial charge in [-0.1, -0.05) is 18.2 Å². The van der Waals surface area contributed by atoms with E-state index in [0.717, 1.165) is 28.3 Å². The summed E-state index contributed by atoms with van der Waals surface area (Å²) in [6, 6.07) is 13.0. The summed E-state index contributed by atoms with van der Waals surface area (Å²) in [5.74, 6) is -0.597. The van der Waals surface area contributed by atoms with Crippen LogP contribution in [0.15, 0.2) is 42.5 Å². The summed E-state index contributed by atoms with van der Waals surface area (Å²) < 4.78 is 13.8. The minimum Gasteiger partial charge on any atom is -0.378 e. The third-order valence-electron chi connectivity index (χ3n) is 3.82. The third kappa shape index (κ3) is 5.06. The molecule has 2 N–H and O–H groups in total. The Morgan fingerprint density at radius 2 is 1.83 bits per heavy atom. The number of rotatable bonds is 6. The Balaban J connectivity index is 1.89. The number of hydrogen-bond donors (Lipinski definition) is 2. The van der Waals surface area contributed by atoms with Crippen LogP contribution in [0.4, 0.5) is 15.8 Å². The average molecular weight is 330 g/mol. The number of carbonyl (C=O) groups excluding carboxylic acids is 1. The van der Waals surface area contributed by atoms with Gasteiger partial charge in [0, 0.05) is 25.3 Å². The molecule has 0 aromatic heterocycles. The fourth-order valence-corrected chi connectivity index (χ4v) is 2.51. The maximum atomic E-state index is 13.8. The Morgan fingerprint density at radius 1 is 1.17 bits per heavy atom. The summed E-state index contributed by atoms with van der Waals surface area (Å²) in [7, 11) is 5.95. The molecule has 2 aromatic rings. The van der Waals surface area contributed by atoms with E-state index in [2.05, 4.69) is 29.6 Å². The van der Waals surface area contributed by atoms with Gasteiger partial charge in [-0.05, 0) is 36.8 Å². The topological polar surface area (TPSA) is 36.8 Å². The second kappa shape index (κ2) is 7.93. The molecule has 0 aliphatic rings. The number of likely N-dealkylation sites (N-methyl/N-ethyl adjacent to an activating group) is 1. The van der Waals surface area contributed by atoms with E-state index in [4.69, 9.17) is 0 Å². The fraction of sp³-hybridized carbons (Fsp3) is 0.316. The zero-order valence-corrected chi connectivity index (χ0v) is 14.7. The Kier molecular flexibility index (Phi) is 5.93. The molecule has 0 radical (unpaired) electrons. The summed E-state index contributed by atoms with van der Waals surface area (Å²) in [6.07, 6.45) is 0. The molecule has 0 bridgehead atoms. The van der Waals surface area contributed by atoms with E-state index >= 15 is 0 Å². The molecule has 5 heteroatoms. The number of benzene rings is 2. The number of halogens is 1. The van der Waals surface area contributed by atoms with Gasteiger partial charge in [0.05, 0.1) is 12.7 Å². The first-order valence-corrected chi connectivity index (χ1v) is 7.98. The number of carbonyl (C=O) groups is 1. The number of hydrogen-bond acceptors (Lipinski definition) is 2. The number of nitrogens with zero attached hydrogens (tertiary/aromatic N) is 1. The highest BCUT2D eigenvalue weighted by atomic mass is 19.1. The first kappa shape index (κ1) is 17.9. The summed E-state index contributed by atoms with van der Waals surface area (Å²) >= 11 is 0. The van der Waals surface area contributed by atoms with E-state index in [-0.39, 0.29) is 18.1 Å². The lowest BCUT2D eigenvalue weighted by molar-refractivity contribution is -0.885. The van der Waals surface area contributed by atoms with Crippen molar-refractivity contribution in [2.24, 2.45) is 0 Å². The van der Waals surface area contributed by atoms with Gasteiger partial charge >= 0.3 is 0 Å². The van der Waals surface area contributed by atoms with Crippen molar-refractivity contribution >= 4 is 17.3 Å². The molecule has 2 aromatic carbocycles. The van der Waals surface area contributed by atoms with Gasteiger partial charge in [0.2, 0.25) is 0 Å². The molecule has 0 spiro atoms. The van der Waals surface area contributed by atoms with Crippen LogP contribution in [0.2, 0.25) is 0 Å². The van der Waals surface area contributed by atoms with Crippen molar-refractivity contribution in [2.75, 3.05) is 37.9 Å². The van der Waals surface area contributed by atoms with Gasteiger partial charge < -0.3 is 15.1 Å². The van der Waals surface area contributed by atoms with Crippen LogP contribution >= 0.6 is 0 Å². The van der Waals surface area contributed by atoms with E-state index in [1.54, 1.807) is 12.1 Å². The standard InChI is InChI=1S/C19H24FN3O/c1-14-5-10-18(17(20)11-14)21-19(24)13-23(4)12-15-6-8-16(9-7-15)22(2)3/h5-11H,12-13H2,1-4H3,(H,21,24)/p+1. The highest BCUT2D eigenvalue weighted by Crippen LogP contribution is 2.15. The second-order valence-electron chi connectivity index (χ2n) is 6.40. The molecule has 24 heavy (non-hydrogen) atoms. The molecule has 0 saturated heterocycles. The average Bonchev–Trinajstić information content (AvgIpc) is 2.50. The maximum Gasteiger partial charge on any atom is 0.279 e. The quantitative estimate of drug-likeness (QED) is 0.848. The number of anilines is 2. The maximum absolute atomic E-state index is 13.8. The molecule has 0 heterocycles. The van der Waals surface area contributed by atoms with Crippen LogP contribution in [-0.4, -0.2) is 33.6 Å². The predicted octanol–water partition coefficient (Wildman–Crippen LogP) is 1.85. The van der Waals surface area contributed by atoms with Gasteiger partial charge in [0.25, 0.3) is 5.91 Å². The second-order valence-corrected chi connectivity index (χ2v) is 6.40. The Labute approximate surface area is 142 Å². The normalized spacial score (nSPS) is 11.9. The first-order chi connectivity index (χ1) is 11.3. The monoisotopic (exact) mass is 330 g/mol. The van der Waals surface area contributed by atoms with E-state index in [0.29, 0.717) is 0 Å². The molecule has 4 nitrogen and oxygen atoms in total. The molecule has 0 fully saturated rings. The largest absolute Gasteiger partial charge is 0.378 e. The fourth-order valence-electron chi connectivity index (χ4n) is 2.51. The number of quaternary nitrogens is 1. The lowest BCUT2D eigenvalue weighted by Gasteiger charge is -2.16.